The van der Waals surface area contributed by atoms with Crippen molar-refractivity contribution in [1.82, 2.24) is 10.2 Å². The molecule has 0 spiro atoms. The van der Waals surface area contributed by atoms with Gasteiger partial charge >= 0.3 is 0 Å². The van der Waals surface area contributed by atoms with Crippen molar-refractivity contribution in [3.05, 3.63) is 24.3 Å². The first-order valence-electron chi connectivity index (χ1n) is 7.63. The first kappa shape index (κ1) is 18.7. The summed E-state index contributed by atoms with van der Waals surface area (Å²) >= 11 is 11.2. The second kappa shape index (κ2) is 8.99. The molecule has 0 atom stereocenters. The van der Waals surface area contributed by atoms with Crippen LogP contribution in [-0.2, 0) is 9.59 Å². The van der Waals surface area contributed by atoms with Crippen molar-refractivity contribution in [2.45, 2.75) is 23.7 Å². The van der Waals surface area contributed by atoms with Crippen LogP contribution >= 0.6 is 23.2 Å². The Labute approximate surface area is 151 Å². The Morgan fingerprint density at radius 3 is 2.46 bits per heavy atom. The lowest BCUT2D eigenvalue weighted by Crippen LogP contribution is -2.48. The molecular weight excluding hydrogens is 355 g/mol. The van der Waals surface area contributed by atoms with Crippen LogP contribution in [0.1, 0.15) is 12.8 Å². The van der Waals surface area contributed by atoms with Gasteiger partial charge < -0.3 is 19.7 Å². The zero-order chi connectivity index (χ0) is 17.5. The second-order valence-corrected chi connectivity index (χ2v) is 6.50. The fourth-order valence-corrected chi connectivity index (χ4v) is 2.81. The number of likely N-dealkylation sites (tertiary alicyclic amines) is 1. The number of nitrogens with zero attached hydrogens (tertiary/aromatic N) is 1. The lowest BCUT2D eigenvalue weighted by atomic mass is 10.1. The quantitative estimate of drug-likeness (QED) is 0.773. The second-order valence-electron chi connectivity index (χ2n) is 5.41. The third-order valence-corrected chi connectivity index (χ3v) is 4.16. The number of alkyl halides is 2. The molecule has 1 aromatic rings. The molecule has 1 fully saturated rings. The molecule has 132 valence electrons. The monoisotopic (exact) mass is 374 g/mol. The largest absolute Gasteiger partial charge is 0.493 e. The summed E-state index contributed by atoms with van der Waals surface area (Å²) in [6.45, 7) is 0.950. The van der Waals surface area contributed by atoms with Crippen molar-refractivity contribution >= 4 is 35.0 Å². The number of halogens is 2. The van der Waals surface area contributed by atoms with Crippen molar-refractivity contribution in [2.75, 3.05) is 26.8 Å². The Kier molecular flexibility index (Phi) is 6.99. The molecule has 0 aromatic heterocycles. The van der Waals surface area contributed by atoms with Gasteiger partial charge in [0.05, 0.1) is 7.11 Å². The number of para-hydroxylation sites is 2. The van der Waals surface area contributed by atoms with Gasteiger partial charge in [0.25, 0.3) is 11.8 Å². The molecule has 1 saturated heterocycles. The Morgan fingerprint density at radius 2 is 1.88 bits per heavy atom. The summed E-state index contributed by atoms with van der Waals surface area (Å²) in [6, 6.07) is 7.15. The maximum absolute atomic E-state index is 12.0. The highest BCUT2D eigenvalue weighted by Crippen LogP contribution is 2.25. The highest BCUT2D eigenvalue weighted by Gasteiger charge is 2.26. The molecule has 1 aromatic carbocycles. The van der Waals surface area contributed by atoms with Gasteiger partial charge in [0.1, 0.15) is 0 Å². The van der Waals surface area contributed by atoms with E-state index in [0.717, 1.165) is 0 Å². The minimum Gasteiger partial charge on any atom is -0.493 e. The van der Waals surface area contributed by atoms with E-state index in [-0.39, 0.29) is 24.5 Å². The summed E-state index contributed by atoms with van der Waals surface area (Å²) in [5.41, 5.74) is 0. The smallest absolute Gasteiger partial charge is 0.258 e. The van der Waals surface area contributed by atoms with E-state index >= 15 is 0 Å². The van der Waals surface area contributed by atoms with E-state index in [4.69, 9.17) is 32.7 Å². The van der Waals surface area contributed by atoms with Crippen LogP contribution < -0.4 is 14.8 Å². The topological polar surface area (TPSA) is 67.9 Å². The van der Waals surface area contributed by atoms with E-state index in [1.807, 2.05) is 12.1 Å². The summed E-state index contributed by atoms with van der Waals surface area (Å²) in [5.74, 6) is 0.598. The molecule has 0 bridgehead atoms. The van der Waals surface area contributed by atoms with Gasteiger partial charge in [-0.3, -0.25) is 9.59 Å². The molecule has 6 nitrogen and oxygen atoms in total. The molecule has 0 radical (unpaired) electrons. The molecule has 1 heterocycles. The van der Waals surface area contributed by atoms with Gasteiger partial charge in [-0.15, -0.1) is 0 Å². The number of piperidine rings is 1. The fourth-order valence-electron chi connectivity index (χ4n) is 2.53. The SMILES string of the molecule is COc1ccccc1OCC(=O)NC1CCN(C(=O)C(Cl)Cl)CC1. The molecule has 2 amide bonds. The number of amides is 2. The first-order valence-corrected chi connectivity index (χ1v) is 8.50. The molecule has 1 aliphatic heterocycles. The van der Waals surface area contributed by atoms with Crippen molar-refractivity contribution in [2.24, 2.45) is 0 Å². The molecule has 8 heteroatoms. The van der Waals surface area contributed by atoms with Gasteiger partial charge in [0, 0.05) is 19.1 Å². The average molecular weight is 375 g/mol. The van der Waals surface area contributed by atoms with Crippen molar-refractivity contribution in [1.29, 1.82) is 0 Å². The van der Waals surface area contributed by atoms with Gasteiger partial charge in [-0.2, -0.15) is 0 Å². The van der Waals surface area contributed by atoms with Crippen LogP contribution in [0, 0.1) is 0 Å². The molecule has 1 N–H and O–H groups in total. The molecule has 0 aliphatic carbocycles. The van der Waals surface area contributed by atoms with Gasteiger partial charge in [-0.25, -0.2) is 0 Å². The Hall–Kier alpha value is -1.66. The normalized spacial score (nSPS) is 15.2. The number of methoxy groups -OCH3 is 1. The number of hydrogen-bond donors (Lipinski definition) is 1. The van der Waals surface area contributed by atoms with E-state index in [0.29, 0.717) is 37.4 Å². The number of carbonyl (C=O) groups excluding carboxylic acids is 2. The zero-order valence-electron chi connectivity index (χ0n) is 13.3. The minimum absolute atomic E-state index is 0.00641. The molecule has 2 rings (SSSR count). The highest BCUT2D eigenvalue weighted by atomic mass is 35.5. The van der Waals surface area contributed by atoms with Crippen LogP contribution in [0.4, 0.5) is 0 Å². The Balaban J connectivity index is 1.75. The van der Waals surface area contributed by atoms with Crippen LogP contribution in [0.15, 0.2) is 24.3 Å². The molecule has 0 saturated carbocycles. The number of carbonyl (C=O) groups is 2. The van der Waals surface area contributed by atoms with Gasteiger partial charge in [-0.05, 0) is 25.0 Å². The maximum atomic E-state index is 12.0. The van der Waals surface area contributed by atoms with Crippen molar-refractivity contribution < 1.29 is 19.1 Å². The lowest BCUT2D eigenvalue weighted by Gasteiger charge is -2.32. The van der Waals surface area contributed by atoms with E-state index in [2.05, 4.69) is 5.32 Å². The summed E-state index contributed by atoms with van der Waals surface area (Å²) in [4.78, 5) is 24.3. The van der Waals surface area contributed by atoms with Crippen LogP contribution in [0.25, 0.3) is 0 Å². The predicted octanol–water partition coefficient (Wildman–Crippen LogP) is 1.98. The average Bonchev–Trinajstić information content (AvgIpc) is 2.60. The van der Waals surface area contributed by atoms with Crippen LogP contribution in [0.2, 0.25) is 0 Å². The highest BCUT2D eigenvalue weighted by molar-refractivity contribution is 6.53. The minimum atomic E-state index is -1.04. The van der Waals surface area contributed by atoms with E-state index in [9.17, 15) is 9.59 Å². The molecular formula is C16H20Cl2N2O4. The molecule has 1 aliphatic rings. The zero-order valence-corrected chi connectivity index (χ0v) is 14.8. The van der Waals surface area contributed by atoms with E-state index in [1.165, 1.54) is 0 Å². The number of benzene rings is 1. The summed E-state index contributed by atoms with van der Waals surface area (Å²) in [6.07, 6.45) is 1.32. The fraction of sp³-hybridized carbons (Fsp3) is 0.500. The number of hydrogen-bond acceptors (Lipinski definition) is 4. The van der Waals surface area contributed by atoms with Gasteiger partial charge in [0.2, 0.25) is 0 Å². The van der Waals surface area contributed by atoms with Gasteiger partial charge in [0.15, 0.2) is 22.9 Å². The summed E-state index contributed by atoms with van der Waals surface area (Å²) < 4.78 is 10.7. The lowest BCUT2D eigenvalue weighted by molar-refractivity contribution is -0.130. The number of ether oxygens (including phenoxy) is 2. The van der Waals surface area contributed by atoms with Crippen LogP contribution in [-0.4, -0.2) is 54.4 Å². The third kappa shape index (κ3) is 5.18. The number of nitrogens with one attached hydrogen (secondary N) is 1. The van der Waals surface area contributed by atoms with Gasteiger partial charge in [-0.1, -0.05) is 35.3 Å². The summed E-state index contributed by atoms with van der Waals surface area (Å²) in [7, 11) is 1.55. The predicted molar refractivity (Wildman–Crippen MR) is 91.7 cm³/mol. The maximum Gasteiger partial charge on any atom is 0.258 e. The standard InChI is InChI=1S/C16H20Cl2N2O4/c1-23-12-4-2-3-5-13(12)24-10-14(21)19-11-6-8-20(9-7-11)16(22)15(17)18/h2-5,11,15H,6-10H2,1H3,(H,19,21). The summed E-state index contributed by atoms with van der Waals surface area (Å²) in [5, 5.41) is 2.91. The van der Waals surface area contributed by atoms with E-state index < -0.39 is 4.84 Å². The van der Waals surface area contributed by atoms with E-state index in [1.54, 1.807) is 24.1 Å². The molecule has 24 heavy (non-hydrogen) atoms. The van der Waals surface area contributed by atoms with Crippen molar-refractivity contribution in [3.8, 4) is 11.5 Å². The van der Waals surface area contributed by atoms with Crippen molar-refractivity contribution in [3.63, 3.8) is 0 Å². The number of rotatable bonds is 6. The third-order valence-electron chi connectivity index (χ3n) is 3.79. The Bertz CT molecular complexity index is 575. The van der Waals surface area contributed by atoms with Crippen LogP contribution in [0.3, 0.4) is 0 Å². The molecule has 0 unspecified atom stereocenters. The first-order chi connectivity index (χ1) is 11.5. The van der Waals surface area contributed by atoms with Crippen LogP contribution in [0.5, 0.6) is 11.5 Å². The Morgan fingerprint density at radius 1 is 1.25 bits per heavy atom.